The summed E-state index contributed by atoms with van der Waals surface area (Å²) in [5.74, 6) is -0.481. The largest absolute Gasteiger partial charge is 0.395 e. The SMILES string of the molecule is Cn1ccc(-c2cc(N(CCO)CCN3CCOCC3)ccc2/C=C/c2n[nH]c3ccccc23)c1C(N)=O. The number of aryl methyl sites for hydroxylation is 1. The highest BCUT2D eigenvalue weighted by Gasteiger charge is 2.19. The number of rotatable bonds is 10. The Morgan fingerprint density at radius 3 is 2.74 bits per heavy atom. The number of aliphatic hydroxyl groups is 1. The van der Waals surface area contributed by atoms with Gasteiger partial charge in [-0.2, -0.15) is 5.10 Å². The molecule has 0 bridgehead atoms. The van der Waals surface area contributed by atoms with Crippen LogP contribution in [0.4, 0.5) is 5.69 Å². The van der Waals surface area contributed by atoms with Crippen LogP contribution in [0, 0.1) is 0 Å². The zero-order valence-electron chi connectivity index (χ0n) is 21.6. The lowest BCUT2D eigenvalue weighted by molar-refractivity contribution is 0.0391. The number of fused-ring (bicyclic) bond motifs is 1. The van der Waals surface area contributed by atoms with E-state index in [1.54, 1.807) is 4.57 Å². The number of aromatic nitrogens is 3. The van der Waals surface area contributed by atoms with Crippen LogP contribution in [0.5, 0.6) is 0 Å². The van der Waals surface area contributed by atoms with Crippen LogP contribution in [0.1, 0.15) is 21.7 Å². The van der Waals surface area contributed by atoms with Crippen molar-refractivity contribution in [1.29, 1.82) is 0 Å². The topological polar surface area (TPSA) is 113 Å². The number of nitrogens with one attached hydrogen (secondary N) is 1. The van der Waals surface area contributed by atoms with Crippen LogP contribution in [0.3, 0.4) is 0 Å². The summed E-state index contributed by atoms with van der Waals surface area (Å²) in [5, 5.41) is 18.4. The van der Waals surface area contributed by atoms with Gasteiger partial charge >= 0.3 is 0 Å². The average Bonchev–Trinajstić information content (AvgIpc) is 3.53. The molecule has 0 radical (unpaired) electrons. The monoisotopic (exact) mass is 514 g/mol. The number of ether oxygens (including phenoxy) is 1. The number of nitrogens with zero attached hydrogens (tertiary/aromatic N) is 4. The Balaban J connectivity index is 1.52. The average molecular weight is 515 g/mol. The molecule has 9 nitrogen and oxygen atoms in total. The minimum Gasteiger partial charge on any atom is -0.395 e. The maximum absolute atomic E-state index is 12.4. The summed E-state index contributed by atoms with van der Waals surface area (Å²) in [4.78, 5) is 16.9. The molecule has 1 amide bonds. The van der Waals surface area contributed by atoms with E-state index >= 15 is 0 Å². The molecule has 1 saturated heterocycles. The van der Waals surface area contributed by atoms with Crippen molar-refractivity contribution in [3.63, 3.8) is 0 Å². The van der Waals surface area contributed by atoms with Crippen LogP contribution >= 0.6 is 0 Å². The second-order valence-corrected chi connectivity index (χ2v) is 9.48. The highest BCUT2D eigenvalue weighted by molar-refractivity contribution is 6.00. The number of hydrogen-bond donors (Lipinski definition) is 3. The number of para-hydroxylation sites is 1. The molecule has 1 fully saturated rings. The molecule has 198 valence electrons. The van der Waals surface area contributed by atoms with E-state index in [0.717, 1.165) is 78.4 Å². The van der Waals surface area contributed by atoms with Crippen LogP contribution in [-0.4, -0.2) is 83.2 Å². The van der Waals surface area contributed by atoms with Crippen molar-refractivity contribution in [3.8, 4) is 11.1 Å². The number of morpholine rings is 1. The molecule has 38 heavy (non-hydrogen) atoms. The number of primary amides is 1. The van der Waals surface area contributed by atoms with Crippen molar-refractivity contribution in [2.75, 3.05) is 57.4 Å². The van der Waals surface area contributed by atoms with Crippen LogP contribution in [0.2, 0.25) is 0 Å². The van der Waals surface area contributed by atoms with Crippen molar-refractivity contribution in [1.82, 2.24) is 19.7 Å². The molecule has 4 aromatic rings. The molecular formula is C29H34N6O3. The number of aromatic amines is 1. The Kier molecular flexibility index (Phi) is 7.88. The molecule has 0 saturated carbocycles. The molecule has 0 aliphatic carbocycles. The Hall–Kier alpha value is -3.92. The number of anilines is 1. The number of amides is 1. The molecule has 5 rings (SSSR count). The Bertz CT molecular complexity index is 1430. The lowest BCUT2D eigenvalue weighted by atomic mass is 9.97. The fourth-order valence-corrected chi connectivity index (χ4v) is 5.03. The number of hydrogen-bond acceptors (Lipinski definition) is 6. The first-order valence-corrected chi connectivity index (χ1v) is 12.9. The first-order valence-electron chi connectivity index (χ1n) is 12.9. The van der Waals surface area contributed by atoms with Crippen molar-refractivity contribution in [2.45, 2.75) is 0 Å². The summed E-state index contributed by atoms with van der Waals surface area (Å²) in [7, 11) is 1.82. The second kappa shape index (κ2) is 11.6. The predicted octanol–water partition coefficient (Wildman–Crippen LogP) is 2.97. The van der Waals surface area contributed by atoms with Crippen LogP contribution in [0.25, 0.3) is 34.2 Å². The maximum Gasteiger partial charge on any atom is 0.265 e. The highest BCUT2D eigenvalue weighted by Crippen LogP contribution is 2.33. The van der Waals surface area contributed by atoms with Gasteiger partial charge < -0.3 is 25.0 Å². The van der Waals surface area contributed by atoms with Gasteiger partial charge in [-0.1, -0.05) is 30.3 Å². The van der Waals surface area contributed by atoms with Crippen molar-refractivity contribution < 1.29 is 14.6 Å². The molecule has 2 aromatic carbocycles. The van der Waals surface area contributed by atoms with E-state index in [0.29, 0.717) is 12.2 Å². The molecular weight excluding hydrogens is 480 g/mol. The van der Waals surface area contributed by atoms with E-state index in [1.165, 1.54) is 0 Å². The molecule has 4 N–H and O–H groups in total. The van der Waals surface area contributed by atoms with Gasteiger partial charge in [0.05, 0.1) is 31.0 Å². The fourth-order valence-electron chi connectivity index (χ4n) is 5.03. The van der Waals surface area contributed by atoms with Crippen molar-refractivity contribution in [3.05, 3.63) is 71.7 Å². The maximum atomic E-state index is 12.4. The third kappa shape index (κ3) is 5.50. The van der Waals surface area contributed by atoms with Gasteiger partial charge in [-0.25, -0.2) is 0 Å². The van der Waals surface area contributed by atoms with Crippen LogP contribution in [-0.2, 0) is 11.8 Å². The molecule has 0 spiro atoms. The smallest absolute Gasteiger partial charge is 0.265 e. The van der Waals surface area contributed by atoms with Gasteiger partial charge in [0.25, 0.3) is 5.91 Å². The van der Waals surface area contributed by atoms with Gasteiger partial charge in [0, 0.05) is 62.6 Å². The van der Waals surface area contributed by atoms with E-state index < -0.39 is 5.91 Å². The molecule has 3 heterocycles. The summed E-state index contributed by atoms with van der Waals surface area (Å²) >= 11 is 0. The van der Waals surface area contributed by atoms with Crippen LogP contribution in [0.15, 0.2) is 54.7 Å². The van der Waals surface area contributed by atoms with E-state index in [-0.39, 0.29) is 6.61 Å². The lowest BCUT2D eigenvalue weighted by Gasteiger charge is -2.31. The van der Waals surface area contributed by atoms with Gasteiger partial charge in [0.2, 0.25) is 0 Å². The Morgan fingerprint density at radius 2 is 1.95 bits per heavy atom. The molecule has 1 aliphatic rings. The van der Waals surface area contributed by atoms with E-state index in [2.05, 4.69) is 32.1 Å². The summed E-state index contributed by atoms with van der Waals surface area (Å²) in [6.45, 7) is 5.53. The second-order valence-electron chi connectivity index (χ2n) is 9.48. The number of H-pyrrole nitrogens is 1. The number of aliphatic hydroxyl groups excluding tert-OH is 1. The quantitative estimate of drug-likeness (QED) is 0.300. The zero-order valence-corrected chi connectivity index (χ0v) is 21.6. The van der Waals surface area contributed by atoms with Crippen molar-refractivity contribution >= 4 is 34.6 Å². The Labute approximate surface area is 222 Å². The normalized spacial score (nSPS) is 14.5. The molecule has 0 atom stereocenters. The minimum absolute atomic E-state index is 0.0458. The summed E-state index contributed by atoms with van der Waals surface area (Å²) < 4.78 is 7.23. The first kappa shape index (κ1) is 25.7. The fraction of sp³-hybridized carbons (Fsp3) is 0.310. The van der Waals surface area contributed by atoms with Gasteiger partial charge in [-0.15, -0.1) is 0 Å². The third-order valence-electron chi connectivity index (χ3n) is 7.08. The van der Waals surface area contributed by atoms with Crippen LogP contribution < -0.4 is 10.6 Å². The number of nitrogens with two attached hydrogens (primary N) is 1. The van der Waals surface area contributed by atoms with E-state index in [4.69, 9.17) is 10.5 Å². The highest BCUT2D eigenvalue weighted by atomic mass is 16.5. The van der Waals surface area contributed by atoms with Gasteiger partial charge in [-0.3, -0.25) is 14.8 Å². The van der Waals surface area contributed by atoms with Gasteiger partial charge in [0.1, 0.15) is 5.69 Å². The summed E-state index contributed by atoms with van der Waals surface area (Å²) in [5.41, 5.74) is 11.6. The predicted molar refractivity (Wildman–Crippen MR) is 151 cm³/mol. The number of benzene rings is 2. The summed E-state index contributed by atoms with van der Waals surface area (Å²) in [6, 6.07) is 16.1. The third-order valence-corrected chi connectivity index (χ3v) is 7.08. The molecule has 2 aromatic heterocycles. The first-order chi connectivity index (χ1) is 18.5. The molecule has 1 aliphatic heterocycles. The zero-order chi connectivity index (χ0) is 26.5. The lowest BCUT2D eigenvalue weighted by Crippen LogP contribution is -2.42. The van der Waals surface area contributed by atoms with Gasteiger partial charge in [-0.05, 0) is 41.5 Å². The van der Waals surface area contributed by atoms with Crippen molar-refractivity contribution in [2.24, 2.45) is 12.8 Å². The van der Waals surface area contributed by atoms with E-state index in [9.17, 15) is 9.90 Å². The standard InChI is InChI=1S/C29H34N6O3/c1-33-11-10-23(28(33)29(30)37)25-20-22(35(14-17-36)13-12-34-15-18-38-19-16-34)8-6-21(25)7-9-27-24-4-2-3-5-26(24)31-32-27/h2-11,20,36H,12-19H2,1H3,(H2,30,37)(H,31,32)/b9-7+. The van der Waals surface area contributed by atoms with E-state index in [1.807, 2.05) is 61.8 Å². The summed E-state index contributed by atoms with van der Waals surface area (Å²) in [6.07, 6.45) is 5.85. The Morgan fingerprint density at radius 1 is 1.13 bits per heavy atom. The minimum atomic E-state index is -0.481. The molecule has 0 unspecified atom stereocenters. The van der Waals surface area contributed by atoms with Gasteiger partial charge in [0.15, 0.2) is 0 Å². The number of carbonyl (C=O) groups is 1. The molecule has 9 heteroatoms. The number of carbonyl (C=O) groups excluding carboxylic acids is 1.